The van der Waals surface area contributed by atoms with E-state index in [-0.39, 0.29) is 5.91 Å². The minimum Gasteiger partial charge on any atom is -0.458 e. The molecule has 46 heavy (non-hydrogen) atoms. The van der Waals surface area contributed by atoms with Gasteiger partial charge in [-0.1, -0.05) is 42.8 Å². The smallest absolute Gasteiger partial charge is 0.329 e. The first-order chi connectivity index (χ1) is 21.9. The van der Waals surface area contributed by atoms with Gasteiger partial charge < -0.3 is 35.9 Å². The summed E-state index contributed by atoms with van der Waals surface area (Å²) in [6.07, 6.45) is 3.53. The van der Waals surface area contributed by atoms with Crippen LogP contribution in [0.25, 0.3) is 10.9 Å². The number of carbonyl (C=O) groups excluding carboxylic acids is 4. The molecule has 11 nitrogen and oxygen atoms in total. The molecule has 5 N–H and O–H groups in total. The number of para-hydroxylation sites is 1. The minimum absolute atomic E-state index is 0.0758. The van der Waals surface area contributed by atoms with E-state index in [1.807, 2.05) is 68.6 Å². The maximum Gasteiger partial charge on any atom is 0.329 e. The number of aryl methyl sites for hydroxylation is 1. The summed E-state index contributed by atoms with van der Waals surface area (Å²) in [5.41, 5.74) is 8.42. The Bertz CT molecular complexity index is 1500. The highest BCUT2D eigenvalue weighted by Gasteiger charge is 2.35. The number of piperazine rings is 1. The van der Waals surface area contributed by atoms with Gasteiger partial charge in [-0.25, -0.2) is 9.59 Å². The lowest BCUT2D eigenvalue weighted by molar-refractivity contribution is -0.159. The Morgan fingerprint density at radius 3 is 2.24 bits per heavy atom. The standard InChI is InChI=1S/C35H48N6O5/c1-23-13-15-25(16-14-23)32(43)40-18-20-41(21-19-40)34(45)39-30(24(2)27-22-37-28-11-7-6-10-26(27)28)31(42)38-29(12-8-9-17-36)33(44)46-35(3,4)5/h6-7,10-11,13-16,22,24,29-30,37H,8-9,12,17-21,36H2,1-5H3,(H,38,42)(H,39,45). The summed E-state index contributed by atoms with van der Waals surface area (Å²) in [4.78, 5) is 60.5. The Morgan fingerprint density at radius 2 is 1.59 bits per heavy atom. The molecule has 0 aliphatic carbocycles. The first kappa shape index (κ1) is 34.5. The van der Waals surface area contributed by atoms with Gasteiger partial charge in [-0.2, -0.15) is 0 Å². The van der Waals surface area contributed by atoms with Gasteiger partial charge in [0.2, 0.25) is 5.91 Å². The third-order valence-corrected chi connectivity index (χ3v) is 8.28. The molecule has 3 atom stereocenters. The summed E-state index contributed by atoms with van der Waals surface area (Å²) in [7, 11) is 0. The third-order valence-electron chi connectivity index (χ3n) is 8.28. The topological polar surface area (TPSA) is 150 Å². The number of H-pyrrole nitrogens is 1. The van der Waals surface area contributed by atoms with Crippen molar-refractivity contribution in [2.45, 2.75) is 77.5 Å². The molecular formula is C35H48N6O5. The Hall–Kier alpha value is -4.38. The summed E-state index contributed by atoms with van der Waals surface area (Å²) in [5.74, 6) is -1.54. The van der Waals surface area contributed by atoms with Crippen molar-refractivity contribution in [1.29, 1.82) is 0 Å². The molecular weight excluding hydrogens is 584 g/mol. The fraction of sp³-hybridized carbons (Fsp3) is 0.486. The molecule has 4 rings (SSSR count). The second-order valence-corrected chi connectivity index (χ2v) is 13.0. The van der Waals surface area contributed by atoms with Gasteiger partial charge in [-0.3, -0.25) is 9.59 Å². The maximum absolute atomic E-state index is 14.0. The Labute approximate surface area is 271 Å². The summed E-state index contributed by atoms with van der Waals surface area (Å²) in [6, 6.07) is 12.9. The van der Waals surface area contributed by atoms with Crippen molar-refractivity contribution in [3.8, 4) is 0 Å². The van der Waals surface area contributed by atoms with Crippen molar-refractivity contribution in [3.63, 3.8) is 0 Å². The maximum atomic E-state index is 14.0. The summed E-state index contributed by atoms with van der Waals surface area (Å²) >= 11 is 0. The van der Waals surface area contributed by atoms with E-state index >= 15 is 0 Å². The number of amides is 4. The summed E-state index contributed by atoms with van der Waals surface area (Å²) in [6.45, 7) is 11.0. The number of aromatic nitrogens is 1. The Balaban J connectivity index is 1.51. The number of aromatic amines is 1. The number of benzene rings is 2. The number of nitrogens with two attached hydrogens (primary N) is 1. The number of carbonyl (C=O) groups is 4. The van der Waals surface area contributed by atoms with E-state index in [1.54, 1.807) is 30.6 Å². The summed E-state index contributed by atoms with van der Waals surface area (Å²) in [5, 5.41) is 6.80. The molecule has 2 aromatic carbocycles. The lowest BCUT2D eigenvalue weighted by Gasteiger charge is -2.36. The number of unbranched alkanes of at least 4 members (excludes halogenated alkanes) is 1. The first-order valence-electron chi connectivity index (χ1n) is 16.1. The molecule has 0 spiro atoms. The Kier molecular flexibility index (Phi) is 11.4. The monoisotopic (exact) mass is 632 g/mol. The van der Waals surface area contributed by atoms with Gasteiger partial charge in [0, 0.05) is 54.8 Å². The van der Waals surface area contributed by atoms with Crippen LogP contribution in [0.3, 0.4) is 0 Å². The van der Waals surface area contributed by atoms with E-state index in [0.29, 0.717) is 57.5 Å². The van der Waals surface area contributed by atoms with Crippen molar-refractivity contribution < 1.29 is 23.9 Å². The van der Waals surface area contributed by atoms with E-state index in [9.17, 15) is 19.2 Å². The third kappa shape index (κ3) is 8.87. The van der Waals surface area contributed by atoms with Crippen LogP contribution in [0.5, 0.6) is 0 Å². The normalized spacial score (nSPS) is 15.6. The molecule has 3 aromatic rings. The molecule has 248 valence electrons. The van der Waals surface area contributed by atoms with Crippen LogP contribution in [0.1, 0.15) is 74.4 Å². The van der Waals surface area contributed by atoms with Crippen molar-refractivity contribution in [2.75, 3.05) is 32.7 Å². The zero-order valence-electron chi connectivity index (χ0n) is 27.6. The van der Waals surface area contributed by atoms with E-state index < -0.39 is 41.5 Å². The van der Waals surface area contributed by atoms with Crippen LogP contribution < -0.4 is 16.4 Å². The SMILES string of the molecule is Cc1ccc(C(=O)N2CCN(C(=O)NC(C(=O)NC(CCCCN)C(=O)OC(C)(C)C)C(C)c3c[nH]c4ccccc34)CC2)cc1. The highest BCUT2D eigenvalue weighted by molar-refractivity contribution is 5.95. The molecule has 1 aromatic heterocycles. The molecule has 1 aliphatic heterocycles. The fourth-order valence-electron chi connectivity index (χ4n) is 5.66. The van der Waals surface area contributed by atoms with Gasteiger partial charge in [-0.05, 0) is 77.3 Å². The van der Waals surface area contributed by atoms with Gasteiger partial charge in [0.25, 0.3) is 5.91 Å². The predicted octanol–water partition coefficient (Wildman–Crippen LogP) is 4.07. The number of hydrogen-bond acceptors (Lipinski definition) is 6. The van der Waals surface area contributed by atoms with Gasteiger partial charge in [-0.15, -0.1) is 0 Å². The molecule has 0 bridgehead atoms. The predicted molar refractivity (Wildman–Crippen MR) is 178 cm³/mol. The van der Waals surface area contributed by atoms with E-state index in [4.69, 9.17) is 10.5 Å². The highest BCUT2D eigenvalue weighted by atomic mass is 16.6. The quantitative estimate of drug-likeness (QED) is 0.185. The van der Waals surface area contributed by atoms with Crippen LogP contribution in [0, 0.1) is 6.92 Å². The molecule has 0 radical (unpaired) electrons. The number of rotatable bonds is 11. The minimum atomic E-state index is -1.00. The summed E-state index contributed by atoms with van der Waals surface area (Å²) < 4.78 is 5.63. The lowest BCUT2D eigenvalue weighted by Crippen LogP contribution is -2.59. The highest BCUT2D eigenvalue weighted by Crippen LogP contribution is 2.28. The van der Waals surface area contributed by atoms with Crippen molar-refractivity contribution in [3.05, 3.63) is 71.4 Å². The van der Waals surface area contributed by atoms with Crippen LogP contribution >= 0.6 is 0 Å². The molecule has 11 heteroatoms. The van der Waals surface area contributed by atoms with Crippen LogP contribution in [0.4, 0.5) is 4.79 Å². The number of urea groups is 1. The number of fused-ring (bicyclic) bond motifs is 1. The van der Waals surface area contributed by atoms with Crippen molar-refractivity contribution >= 4 is 34.7 Å². The molecule has 1 saturated heterocycles. The molecule has 3 unspecified atom stereocenters. The second-order valence-electron chi connectivity index (χ2n) is 13.0. The van der Waals surface area contributed by atoms with Gasteiger partial charge in [0.15, 0.2) is 0 Å². The first-order valence-corrected chi connectivity index (χ1v) is 16.1. The number of esters is 1. The van der Waals surface area contributed by atoms with E-state index in [1.165, 1.54) is 0 Å². The number of nitrogens with one attached hydrogen (secondary N) is 3. The number of hydrogen-bond donors (Lipinski definition) is 4. The molecule has 0 saturated carbocycles. The zero-order valence-corrected chi connectivity index (χ0v) is 27.6. The van der Waals surface area contributed by atoms with Crippen LogP contribution in [0.2, 0.25) is 0 Å². The largest absolute Gasteiger partial charge is 0.458 e. The second kappa shape index (κ2) is 15.3. The molecule has 4 amide bonds. The van der Waals surface area contributed by atoms with Crippen LogP contribution in [0.15, 0.2) is 54.7 Å². The molecule has 1 fully saturated rings. The molecule has 1 aliphatic rings. The fourth-order valence-corrected chi connectivity index (χ4v) is 5.66. The van der Waals surface area contributed by atoms with Crippen molar-refractivity contribution in [1.82, 2.24) is 25.4 Å². The number of ether oxygens (including phenoxy) is 1. The van der Waals surface area contributed by atoms with Crippen molar-refractivity contribution in [2.24, 2.45) is 5.73 Å². The average molecular weight is 633 g/mol. The van der Waals surface area contributed by atoms with Gasteiger partial charge in [0.05, 0.1) is 0 Å². The van der Waals surface area contributed by atoms with Gasteiger partial charge in [0.1, 0.15) is 17.7 Å². The van der Waals surface area contributed by atoms with Crippen LogP contribution in [-0.4, -0.2) is 89.0 Å². The Morgan fingerprint density at radius 1 is 0.935 bits per heavy atom. The van der Waals surface area contributed by atoms with E-state index in [2.05, 4.69) is 15.6 Å². The van der Waals surface area contributed by atoms with Gasteiger partial charge >= 0.3 is 12.0 Å². The van der Waals surface area contributed by atoms with E-state index in [0.717, 1.165) is 22.0 Å². The lowest BCUT2D eigenvalue weighted by atomic mass is 9.92. The molecule has 2 heterocycles. The average Bonchev–Trinajstić information content (AvgIpc) is 3.46. The number of nitrogens with zero attached hydrogens (tertiary/aromatic N) is 2. The zero-order chi connectivity index (χ0) is 33.4. The van der Waals surface area contributed by atoms with Crippen LogP contribution in [-0.2, 0) is 14.3 Å².